The molecule has 2 aromatic carbocycles. The van der Waals surface area contributed by atoms with Gasteiger partial charge in [-0.15, -0.1) is 0 Å². The first-order valence-electron chi connectivity index (χ1n) is 11.3. The average molecular weight is 642 g/mol. The van der Waals surface area contributed by atoms with E-state index in [2.05, 4.69) is 31.9 Å². The number of benzene rings is 2. The van der Waals surface area contributed by atoms with Gasteiger partial charge in [0.15, 0.2) is 0 Å². The maximum Gasteiger partial charge on any atom is 0.310 e. The van der Waals surface area contributed by atoms with Gasteiger partial charge in [0.2, 0.25) is 0 Å². The third-order valence-corrected chi connectivity index (χ3v) is 6.74. The molecule has 0 aliphatic rings. The lowest BCUT2D eigenvalue weighted by atomic mass is 9.92. The first-order chi connectivity index (χ1) is 17.7. The van der Waals surface area contributed by atoms with E-state index in [0.29, 0.717) is 44.4 Å². The first kappa shape index (κ1) is 30.4. The highest BCUT2D eigenvalue weighted by Gasteiger charge is 2.19. The van der Waals surface area contributed by atoms with E-state index < -0.39 is 11.9 Å². The number of carbonyl (C=O) groups is 3. The van der Waals surface area contributed by atoms with E-state index in [-0.39, 0.29) is 25.2 Å². The summed E-state index contributed by atoms with van der Waals surface area (Å²) >= 11 is 7.12. The van der Waals surface area contributed by atoms with Gasteiger partial charge in [-0.25, -0.2) is 0 Å². The van der Waals surface area contributed by atoms with Crippen molar-refractivity contribution in [3.05, 3.63) is 61.5 Å². The Bertz CT molecular complexity index is 1100. The zero-order chi connectivity index (χ0) is 27.5. The second-order valence-electron chi connectivity index (χ2n) is 7.89. The second-order valence-corrected chi connectivity index (χ2v) is 9.60. The summed E-state index contributed by atoms with van der Waals surface area (Å²) < 4.78 is 26.8. The van der Waals surface area contributed by atoms with Crippen LogP contribution in [0.4, 0.5) is 0 Å². The molecule has 0 aliphatic heterocycles. The minimum Gasteiger partial charge on any atom is -0.495 e. The Kier molecular flexibility index (Phi) is 12.1. The average Bonchev–Trinajstić information content (AvgIpc) is 2.87. The molecule has 0 fully saturated rings. The molecular weight excluding hydrogens is 612 g/mol. The third-order valence-electron chi connectivity index (χ3n) is 5.56. The SMILES string of the molecule is COC(=O)CCCC=C(c1cc(Br)c(OC)c(CC(=O)OC)c1)c1cc(Br)c(OC)c(CC(=O)OC)c1. The van der Waals surface area contributed by atoms with E-state index in [0.717, 1.165) is 16.7 Å². The van der Waals surface area contributed by atoms with Crippen LogP contribution in [0.25, 0.3) is 5.57 Å². The fraction of sp³-hybridized carbons (Fsp3) is 0.370. The Labute approximate surface area is 233 Å². The molecule has 37 heavy (non-hydrogen) atoms. The van der Waals surface area contributed by atoms with Crippen molar-refractivity contribution in [2.75, 3.05) is 35.5 Å². The molecule has 0 saturated carbocycles. The first-order valence-corrected chi connectivity index (χ1v) is 12.9. The zero-order valence-corrected chi connectivity index (χ0v) is 24.6. The fourth-order valence-electron chi connectivity index (χ4n) is 3.78. The van der Waals surface area contributed by atoms with Gasteiger partial charge in [0, 0.05) is 17.5 Å². The van der Waals surface area contributed by atoms with Crippen LogP contribution in [0.3, 0.4) is 0 Å². The normalized spacial score (nSPS) is 10.4. The van der Waals surface area contributed by atoms with Crippen LogP contribution in [-0.4, -0.2) is 53.5 Å². The van der Waals surface area contributed by atoms with Gasteiger partial charge in [-0.3, -0.25) is 14.4 Å². The van der Waals surface area contributed by atoms with E-state index in [1.807, 2.05) is 30.3 Å². The lowest BCUT2D eigenvalue weighted by molar-refractivity contribution is -0.141. The highest BCUT2D eigenvalue weighted by Crippen LogP contribution is 2.39. The number of carbonyl (C=O) groups excluding carboxylic acids is 3. The highest BCUT2D eigenvalue weighted by molar-refractivity contribution is 9.11. The fourth-order valence-corrected chi connectivity index (χ4v) is 5.11. The van der Waals surface area contributed by atoms with Gasteiger partial charge in [0.25, 0.3) is 0 Å². The molecule has 0 spiro atoms. The minimum atomic E-state index is -0.404. The number of ether oxygens (including phenoxy) is 5. The predicted octanol–water partition coefficient (Wildman–Crippen LogP) is 5.43. The molecule has 0 unspecified atom stereocenters. The minimum absolute atomic E-state index is 0.0155. The number of hydrogen-bond acceptors (Lipinski definition) is 8. The van der Waals surface area contributed by atoms with Crippen LogP contribution in [0.1, 0.15) is 41.5 Å². The molecule has 0 bridgehead atoms. The number of rotatable bonds is 12. The molecule has 10 heteroatoms. The monoisotopic (exact) mass is 640 g/mol. The summed E-state index contributed by atoms with van der Waals surface area (Å²) in [5.41, 5.74) is 3.70. The van der Waals surface area contributed by atoms with Crippen molar-refractivity contribution in [1.29, 1.82) is 0 Å². The summed E-state index contributed by atoms with van der Waals surface area (Å²) in [7, 11) is 7.09. The van der Waals surface area contributed by atoms with Gasteiger partial charge in [-0.1, -0.05) is 6.08 Å². The number of methoxy groups -OCH3 is 5. The summed E-state index contributed by atoms with van der Waals surface area (Å²) in [5.74, 6) is -0.0324. The summed E-state index contributed by atoms with van der Waals surface area (Å²) in [4.78, 5) is 35.8. The molecule has 0 aliphatic carbocycles. The molecule has 0 aromatic heterocycles. The van der Waals surface area contributed by atoms with Crippen molar-refractivity contribution in [2.24, 2.45) is 0 Å². The Balaban J connectivity index is 2.69. The van der Waals surface area contributed by atoms with Gasteiger partial charge >= 0.3 is 17.9 Å². The maximum absolute atomic E-state index is 12.1. The molecule has 8 nitrogen and oxygen atoms in total. The Morgan fingerprint density at radius 2 is 1.14 bits per heavy atom. The quantitative estimate of drug-likeness (QED) is 0.172. The lowest BCUT2D eigenvalue weighted by Gasteiger charge is -2.18. The summed E-state index contributed by atoms with van der Waals surface area (Å²) in [6.45, 7) is 0. The van der Waals surface area contributed by atoms with Crippen molar-refractivity contribution in [3.8, 4) is 11.5 Å². The van der Waals surface area contributed by atoms with E-state index in [4.69, 9.17) is 23.7 Å². The molecule has 2 aromatic rings. The van der Waals surface area contributed by atoms with Crippen molar-refractivity contribution < 1.29 is 38.1 Å². The summed E-state index contributed by atoms with van der Waals surface area (Å²) in [6.07, 6.45) is 3.48. The van der Waals surface area contributed by atoms with Crippen LogP contribution in [-0.2, 0) is 41.4 Å². The van der Waals surface area contributed by atoms with Gasteiger partial charge in [0.1, 0.15) is 11.5 Å². The largest absolute Gasteiger partial charge is 0.495 e. The summed E-state index contributed by atoms with van der Waals surface area (Å²) in [6, 6.07) is 7.52. The number of esters is 3. The number of halogens is 2. The van der Waals surface area contributed by atoms with Gasteiger partial charge < -0.3 is 23.7 Å². The van der Waals surface area contributed by atoms with E-state index >= 15 is 0 Å². The topological polar surface area (TPSA) is 97.4 Å². The molecule has 0 heterocycles. The third kappa shape index (κ3) is 8.33. The van der Waals surface area contributed by atoms with Crippen molar-refractivity contribution in [2.45, 2.75) is 32.1 Å². The molecular formula is C27H30Br2O8. The standard InChI is InChI=1S/C27H30Br2O8/c1-33-23(30)9-7-6-8-20(16-10-18(14-24(31)34-2)26(36-4)21(28)12-16)17-11-19(15-25(32)35-3)27(37-5)22(29)13-17/h8,10-13H,6-7,9,14-15H2,1-5H3. The molecule has 0 N–H and O–H groups in total. The van der Waals surface area contributed by atoms with E-state index in [1.165, 1.54) is 35.5 Å². The van der Waals surface area contributed by atoms with Crippen molar-refractivity contribution in [3.63, 3.8) is 0 Å². The van der Waals surface area contributed by atoms with Gasteiger partial charge in [-0.05, 0) is 85.7 Å². The molecule has 200 valence electrons. The second kappa shape index (κ2) is 14.8. The Morgan fingerprint density at radius 1 is 0.703 bits per heavy atom. The Morgan fingerprint density at radius 3 is 1.51 bits per heavy atom. The van der Waals surface area contributed by atoms with Crippen LogP contribution in [0, 0.1) is 0 Å². The smallest absolute Gasteiger partial charge is 0.310 e. The van der Waals surface area contributed by atoms with Crippen molar-refractivity contribution >= 4 is 55.3 Å². The predicted molar refractivity (Wildman–Crippen MR) is 146 cm³/mol. The zero-order valence-electron chi connectivity index (χ0n) is 21.4. The van der Waals surface area contributed by atoms with E-state index in [9.17, 15) is 14.4 Å². The van der Waals surface area contributed by atoms with Gasteiger partial charge in [-0.2, -0.15) is 0 Å². The number of unbranched alkanes of at least 4 members (excludes halogenated alkanes) is 1. The van der Waals surface area contributed by atoms with Gasteiger partial charge in [0.05, 0.1) is 57.3 Å². The van der Waals surface area contributed by atoms with Crippen LogP contribution >= 0.6 is 31.9 Å². The molecule has 0 amide bonds. The highest BCUT2D eigenvalue weighted by atomic mass is 79.9. The molecule has 0 saturated heterocycles. The molecule has 2 rings (SSSR count). The van der Waals surface area contributed by atoms with Crippen LogP contribution in [0.15, 0.2) is 39.3 Å². The molecule has 0 radical (unpaired) electrons. The van der Waals surface area contributed by atoms with Crippen LogP contribution in [0.2, 0.25) is 0 Å². The van der Waals surface area contributed by atoms with Crippen LogP contribution in [0.5, 0.6) is 11.5 Å². The maximum atomic E-state index is 12.1. The molecule has 0 atom stereocenters. The van der Waals surface area contributed by atoms with Crippen molar-refractivity contribution in [1.82, 2.24) is 0 Å². The lowest BCUT2D eigenvalue weighted by Crippen LogP contribution is -2.08. The van der Waals surface area contributed by atoms with Crippen LogP contribution < -0.4 is 9.47 Å². The van der Waals surface area contributed by atoms with E-state index in [1.54, 1.807) is 0 Å². The Hall–Kier alpha value is -2.85. The number of allylic oxidation sites excluding steroid dienone is 1. The summed E-state index contributed by atoms with van der Waals surface area (Å²) in [5, 5.41) is 0. The number of hydrogen-bond donors (Lipinski definition) is 0.